The summed E-state index contributed by atoms with van der Waals surface area (Å²) in [6, 6.07) is 4.63. The van der Waals surface area contributed by atoms with Crippen molar-refractivity contribution in [3.05, 3.63) is 50.7 Å². The Balaban J connectivity index is 2.11. The van der Waals surface area contributed by atoms with Crippen molar-refractivity contribution in [3.63, 3.8) is 0 Å². The number of nitrogens with zero attached hydrogens (tertiary/aromatic N) is 2. The molecule has 0 saturated carbocycles. The lowest BCUT2D eigenvalue weighted by Gasteiger charge is -2.12. The van der Waals surface area contributed by atoms with Crippen LogP contribution >= 0.6 is 0 Å². The van der Waals surface area contributed by atoms with Gasteiger partial charge in [-0.25, -0.2) is 9.59 Å². The van der Waals surface area contributed by atoms with E-state index in [1.807, 2.05) is 0 Å². The molecule has 0 aliphatic rings. The summed E-state index contributed by atoms with van der Waals surface area (Å²) in [6.45, 7) is 1.55. The van der Waals surface area contributed by atoms with E-state index in [2.05, 4.69) is 5.32 Å². The lowest BCUT2D eigenvalue weighted by atomic mass is 10.2. The standard InChI is InChI=1S/C19H19N3O9/c1-10(23)30-13-6-5-12(7-14(13)31-11(2)24)18(27)29-9-16(25)20-15-8-17(26)22(4)19(28)21(15)3/h5-8H,9H2,1-4H3,(H,20,25). The van der Waals surface area contributed by atoms with Crippen molar-refractivity contribution >= 4 is 29.6 Å². The number of hydrogen-bond donors (Lipinski definition) is 1. The Hall–Kier alpha value is -4.22. The highest BCUT2D eigenvalue weighted by atomic mass is 16.6. The fraction of sp³-hybridized carbons (Fsp3) is 0.263. The summed E-state index contributed by atoms with van der Waals surface area (Å²) in [4.78, 5) is 70.2. The third-order valence-electron chi connectivity index (χ3n) is 3.81. The molecule has 0 aliphatic carbocycles. The molecular weight excluding hydrogens is 414 g/mol. The Morgan fingerprint density at radius 2 is 1.52 bits per heavy atom. The SMILES string of the molecule is CC(=O)Oc1ccc(C(=O)OCC(=O)Nc2cc(=O)n(C)c(=O)n2C)cc1OC(C)=O. The molecule has 1 amide bonds. The first-order chi connectivity index (χ1) is 14.5. The number of benzene rings is 1. The maximum atomic E-state index is 12.2. The molecule has 31 heavy (non-hydrogen) atoms. The topological polar surface area (TPSA) is 152 Å². The highest BCUT2D eigenvalue weighted by molar-refractivity contribution is 5.95. The van der Waals surface area contributed by atoms with Gasteiger partial charge in [-0.3, -0.25) is 28.3 Å². The van der Waals surface area contributed by atoms with E-state index in [1.165, 1.54) is 26.2 Å². The van der Waals surface area contributed by atoms with Gasteiger partial charge in [-0.2, -0.15) is 0 Å². The Morgan fingerprint density at radius 1 is 0.903 bits per heavy atom. The van der Waals surface area contributed by atoms with Crippen molar-refractivity contribution in [2.24, 2.45) is 14.1 Å². The van der Waals surface area contributed by atoms with Crippen LogP contribution in [0.25, 0.3) is 0 Å². The van der Waals surface area contributed by atoms with Crippen LogP contribution in [0.4, 0.5) is 5.82 Å². The van der Waals surface area contributed by atoms with Gasteiger partial charge in [-0.1, -0.05) is 0 Å². The summed E-state index contributed by atoms with van der Waals surface area (Å²) < 4.78 is 16.6. The number of anilines is 1. The van der Waals surface area contributed by atoms with Crippen molar-refractivity contribution < 1.29 is 33.4 Å². The van der Waals surface area contributed by atoms with Crippen LogP contribution in [0.2, 0.25) is 0 Å². The summed E-state index contributed by atoms with van der Waals surface area (Å²) >= 11 is 0. The molecule has 1 N–H and O–H groups in total. The van der Waals surface area contributed by atoms with E-state index >= 15 is 0 Å². The fourth-order valence-electron chi connectivity index (χ4n) is 2.36. The Kier molecular flexibility index (Phi) is 7.08. The number of carbonyl (C=O) groups excluding carboxylic acids is 4. The molecule has 1 aromatic carbocycles. The van der Waals surface area contributed by atoms with Gasteiger partial charge in [0.2, 0.25) is 0 Å². The Labute approximate surface area is 174 Å². The molecule has 1 heterocycles. The molecule has 0 unspecified atom stereocenters. The van der Waals surface area contributed by atoms with Crippen molar-refractivity contribution in [2.45, 2.75) is 13.8 Å². The highest BCUT2D eigenvalue weighted by Crippen LogP contribution is 2.29. The van der Waals surface area contributed by atoms with Gasteiger partial charge in [0.15, 0.2) is 18.1 Å². The summed E-state index contributed by atoms with van der Waals surface area (Å²) in [5.41, 5.74) is -1.35. The molecular formula is C19H19N3O9. The van der Waals surface area contributed by atoms with Crippen molar-refractivity contribution in [3.8, 4) is 11.5 Å². The van der Waals surface area contributed by atoms with E-state index in [0.717, 1.165) is 35.1 Å². The number of nitrogens with one attached hydrogen (secondary N) is 1. The van der Waals surface area contributed by atoms with E-state index < -0.39 is 41.7 Å². The van der Waals surface area contributed by atoms with Crippen molar-refractivity contribution in [1.82, 2.24) is 9.13 Å². The zero-order chi connectivity index (χ0) is 23.3. The Bertz CT molecular complexity index is 1180. The van der Waals surface area contributed by atoms with Gasteiger partial charge in [-0.15, -0.1) is 0 Å². The minimum Gasteiger partial charge on any atom is -0.452 e. The number of hydrogen-bond acceptors (Lipinski definition) is 9. The molecule has 0 saturated heterocycles. The normalized spacial score (nSPS) is 10.2. The number of aromatic nitrogens is 2. The maximum Gasteiger partial charge on any atom is 0.338 e. The molecule has 2 rings (SSSR count). The van der Waals surface area contributed by atoms with E-state index in [-0.39, 0.29) is 22.9 Å². The molecule has 12 nitrogen and oxygen atoms in total. The molecule has 0 fully saturated rings. The van der Waals surface area contributed by atoms with Crippen LogP contribution in [0.5, 0.6) is 11.5 Å². The van der Waals surface area contributed by atoms with Crippen molar-refractivity contribution in [1.29, 1.82) is 0 Å². The second-order valence-electron chi connectivity index (χ2n) is 6.24. The average Bonchev–Trinajstić information content (AvgIpc) is 2.69. The third-order valence-corrected chi connectivity index (χ3v) is 3.81. The van der Waals surface area contributed by atoms with Gasteiger partial charge in [0.05, 0.1) is 5.56 Å². The predicted octanol–water partition coefficient (Wildman–Crippen LogP) is -0.270. The molecule has 0 bridgehead atoms. The van der Waals surface area contributed by atoms with Gasteiger partial charge in [0.1, 0.15) is 5.82 Å². The second kappa shape index (κ2) is 9.52. The maximum absolute atomic E-state index is 12.2. The molecule has 0 aliphatic heterocycles. The van der Waals surface area contributed by atoms with Crippen LogP contribution in [0.1, 0.15) is 24.2 Å². The first-order valence-electron chi connectivity index (χ1n) is 8.74. The van der Waals surface area contributed by atoms with Crippen molar-refractivity contribution in [2.75, 3.05) is 11.9 Å². The quantitative estimate of drug-likeness (QED) is 0.479. The van der Waals surface area contributed by atoms with Crippen LogP contribution in [-0.2, 0) is 33.2 Å². The molecule has 0 atom stereocenters. The minimum absolute atomic E-state index is 0.0722. The predicted molar refractivity (Wildman–Crippen MR) is 105 cm³/mol. The van der Waals surface area contributed by atoms with Crippen LogP contribution in [-0.4, -0.2) is 39.6 Å². The molecule has 164 valence electrons. The van der Waals surface area contributed by atoms with E-state index in [4.69, 9.17) is 14.2 Å². The number of amides is 1. The smallest absolute Gasteiger partial charge is 0.338 e. The number of ether oxygens (including phenoxy) is 3. The first-order valence-corrected chi connectivity index (χ1v) is 8.74. The van der Waals surface area contributed by atoms with Crippen LogP contribution < -0.4 is 26.0 Å². The summed E-state index contributed by atoms with van der Waals surface area (Å²) in [7, 11) is 2.64. The van der Waals surface area contributed by atoms with E-state index in [0.29, 0.717) is 0 Å². The Morgan fingerprint density at radius 3 is 2.13 bits per heavy atom. The molecule has 12 heteroatoms. The van der Waals surface area contributed by atoms with Gasteiger partial charge in [0, 0.05) is 34.0 Å². The van der Waals surface area contributed by atoms with Gasteiger partial charge in [0.25, 0.3) is 11.5 Å². The number of carbonyl (C=O) groups is 4. The fourth-order valence-corrected chi connectivity index (χ4v) is 2.36. The van der Waals surface area contributed by atoms with E-state index in [1.54, 1.807) is 0 Å². The largest absolute Gasteiger partial charge is 0.452 e. The first kappa shape index (κ1) is 23.1. The van der Waals surface area contributed by atoms with Gasteiger partial charge < -0.3 is 19.5 Å². The summed E-state index contributed by atoms with van der Waals surface area (Å²) in [6.07, 6.45) is 0. The number of rotatable bonds is 6. The molecule has 1 aromatic heterocycles. The van der Waals surface area contributed by atoms with Gasteiger partial charge >= 0.3 is 23.6 Å². The molecule has 0 radical (unpaired) electrons. The van der Waals surface area contributed by atoms with Crippen LogP contribution in [0.3, 0.4) is 0 Å². The average molecular weight is 433 g/mol. The summed E-state index contributed by atoms with van der Waals surface area (Å²) in [5.74, 6) is -3.44. The molecule has 0 spiro atoms. The number of esters is 3. The highest BCUT2D eigenvalue weighted by Gasteiger charge is 2.17. The third kappa shape index (κ3) is 5.88. The minimum atomic E-state index is -0.934. The van der Waals surface area contributed by atoms with Gasteiger partial charge in [-0.05, 0) is 18.2 Å². The zero-order valence-electron chi connectivity index (χ0n) is 17.1. The lowest BCUT2D eigenvalue weighted by molar-refractivity contribution is -0.134. The lowest BCUT2D eigenvalue weighted by Crippen LogP contribution is -2.38. The van der Waals surface area contributed by atoms with E-state index in [9.17, 15) is 28.8 Å². The zero-order valence-corrected chi connectivity index (χ0v) is 17.1. The van der Waals surface area contributed by atoms with Crippen LogP contribution in [0, 0.1) is 0 Å². The van der Waals surface area contributed by atoms with Crippen LogP contribution in [0.15, 0.2) is 33.9 Å². The summed E-state index contributed by atoms with van der Waals surface area (Å²) in [5, 5.41) is 2.30. The monoisotopic (exact) mass is 433 g/mol. The molecule has 2 aromatic rings. The second-order valence-corrected chi connectivity index (χ2v) is 6.24.